The van der Waals surface area contributed by atoms with Crippen molar-refractivity contribution in [3.05, 3.63) is 18.3 Å². The van der Waals surface area contributed by atoms with E-state index in [1.807, 2.05) is 12.1 Å². The Balaban J connectivity index is 1.99. The number of rotatable bonds is 2. The van der Waals surface area contributed by atoms with E-state index in [1.165, 1.54) is 32.1 Å². The maximum atomic E-state index is 5.92. The second-order valence-corrected chi connectivity index (χ2v) is 5.05. The number of ether oxygens (including phenoxy) is 1. The summed E-state index contributed by atoms with van der Waals surface area (Å²) in [6.07, 6.45) is 8.57. The second kappa shape index (κ2) is 4.52. The van der Waals surface area contributed by atoms with E-state index in [2.05, 4.69) is 16.0 Å². The molecule has 1 aliphatic carbocycles. The molecule has 1 aliphatic rings. The lowest BCUT2D eigenvalue weighted by Crippen LogP contribution is -2.12. The summed E-state index contributed by atoms with van der Waals surface area (Å²) in [6.45, 7) is 0. The minimum absolute atomic E-state index is 0.554. The first-order chi connectivity index (χ1) is 8.78. The molecule has 0 amide bonds. The fourth-order valence-electron chi connectivity index (χ4n) is 2.80. The number of benzene rings is 1. The van der Waals surface area contributed by atoms with Gasteiger partial charge in [-0.25, -0.2) is 0 Å². The number of methoxy groups -OCH3 is 1. The van der Waals surface area contributed by atoms with E-state index in [0.29, 0.717) is 17.5 Å². The highest BCUT2D eigenvalue weighted by molar-refractivity contribution is 5.84. The molecule has 1 heterocycles. The van der Waals surface area contributed by atoms with Gasteiger partial charge in [-0.05, 0) is 18.9 Å². The molecule has 3 rings (SSSR count). The van der Waals surface area contributed by atoms with Gasteiger partial charge in [-0.1, -0.05) is 19.3 Å². The molecule has 1 aromatic heterocycles. The van der Waals surface area contributed by atoms with E-state index >= 15 is 0 Å². The predicted molar refractivity (Wildman–Crippen MR) is 72.8 cm³/mol. The monoisotopic (exact) mass is 245 g/mol. The maximum Gasteiger partial charge on any atom is 0.144 e. The lowest BCUT2D eigenvalue weighted by molar-refractivity contribution is 0.331. The predicted octanol–water partition coefficient (Wildman–Crippen LogP) is 3.13. The van der Waals surface area contributed by atoms with E-state index in [-0.39, 0.29) is 0 Å². The summed E-state index contributed by atoms with van der Waals surface area (Å²) in [5.41, 5.74) is 7.56. The molecular weight excluding hydrogens is 226 g/mol. The van der Waals surface area contributed by atoms with Gasteiger partial charge in [0.2, 0.25) is 0 Å². The van der Waals surface area contributed by atoms with Crippen molar-refractivity contribution < 1.29 is 4.74 Å². The zero-order valence-electron chi connectivity index (χ0n) is 10.7. The van der Waals surface area contributed by atoms with Crippen LogP contribution in [0.15, 0.2) is 18.3 Å². The third-order valence-electron chi connectivity index (χ3n) is 3.82. The molecule has 18 heavy (non-hydrogen) atoms. The lowest BCUT2D eigenvalue weighted by Gasteiger charge is -2.21. The van der Waals surface area contributed by atoms with E-state index < -0.39 is 0 Å². The molecule has 2 N–H and O–H groups in total. The third-order valence-corrected chi connectivity index (χ3v) is 3.82. The highest BCUT2D eigenvalue weighted by Crippen LogP contribution is 2.31. The van der Waals surface area contributed by atoms with E-state index in [1.54, 1.807) is 7.11 Å². The van der Waals surface area contributed by atoms with Crippen LogP contribution in [0.5, 0.6) is 5.75 Å². The molecule has 0 bridgehead atoms. The zero-order chi connectivity index (χ0) is 12.5. The molecule has 1 saturated carbocycles. The number of fused-ring (bicyclic) bond motifs is 1. The molecule has 1 fully saturated rings. The van der Waals surface area contributed by atoms with Crippen LogP contribution in [-0.4, -0.2) is 16.9 Å². The molecular formula is C14H19N3O. The topological polar surface area (TPSA) is 53.1 Å². The molecule has 2 aromatic rings. The van der Waals surface area contributed by atoms with Crippen molar-refractivity contribution in [1.82, 2.24) is 9.78 Å². The highest BCUT2D eigenvalue weighted by atomic mass is 16.5. The summed E-state index contributed by atoms with van der Waals surface area (Å²) in [5, 5.41) is 5.76. The fraction of sp³-hybridized carbons (Fsp3) is 0.500. The molecule has 0 saturated heterocycles. The van der Waals surface area contributed by atoms with E-state index in [4.69, 9.17) is 10.5 Å². The van der Waals surface area contributed by atoms with Gasteiger partial charge in [0.15, 0.2) is 0 Å². The minimum Gasteiger partial charge on any atom is -0.495 e. The normalized spacial score (nSPS) is 17.2. The quantitative estimate of drug-likeness (QED) is 0.827. The van der Waals surface area contributed by atoms with Crippen molar-refractivity contribution in [2.24, 2.45) is 0 Å². The summed E-state index contributed by atoms with van der Waals surface area (Å²) < 4.78 is 7.35. The molecule has 0 spiro atoms. The van der Waals surface area contributed by atoms with E-state index in [0.717, 1.165) is 10.9 Å². The molecule has 4 nitrogen and oxygen atoms in total. The van der Waals surface area contributed by atoms with Gasteiger partial charge in [-0.15, -0.1) is 0 Å². The van der Waals surface area contributed by atoms with Gasteiger partial charge >= 0.3 is 0 Å². The summed E-state index contributed by atoms with van der Waals surface area (Å²) >= 11 is 0. The van der Waals surface area contributed by atoms with Gasteiger partial charge in [-0.2, -0.15) is 5.10 Å². The number of nitrogens with zero attached hydrogens (tertiary/aromatic N) is 2. The van der Waals surface area contributed by atoms with Crippen molar-refractivity contribution in [2.75, 3.05) is 12.8 Å². The van der Waals surface area contributed by atoms with Crippen LogP contribution in [0.2, 0.25) is 0 Å². The van der Waals surface area contributed by atoms with Gasteiger partial charge in [0.05, 0.1) is 24.4 Å². The largest absolute Gasteiger partial charge is 0.495 e. The van der Waals surface area contributed by atoms with Gasteiger partial charge in [-0.3, -0.25) is 4.68 Å². The molecule has 96 valence electrons. The van der Waals surface area contributed by atoms with Crippen LogP contribution in [-0.2, 0) is 0 Å². The number of anilines is 1. The molecule has 1 aromatic carbocycles. The second-order valence-electron chi connectivity index (χ2n) is 5.05. The Labute approximate surface area is 107 Å². The minimum atomic E-state index is 0.554. The molecule has 4 heteroatoms. The average Bonchev–Trinajstić information content (AvgIpc) is 2.81. The Bertz CT molecular complexity index is 555. The number of hydrogen-bond acceptors (Lipinski definition) is 3. The van der Waals surface area contributed by atoms with Gasteiger partial charge < -0.3 is 10.5 Å². The molecule has 0 aliphatic heterocycles. The summed E-state index contributed by atoms with van der Waals surface area (Å²) in [5.74, 6) is 0.705. The highest BCUT2D eigenvalue weighted by Gasteiger charge is 2.17. The Morgan fingerprint density at radius 3 is 2.78 bits per heavy atom. The Hall–Kier alpha value is -1.71. The van der Waals surface area contributed by atoms with Crippen LogP contribution in [0.25, 0.3) is 10.9 Å². The van der Waals surface area contributed by atoms with Crippen LogP contribution >= 0.6 is 0 Å². The average molecular weight is 245 g/mol. The third kappa shape index (κ3) is 1.92. The van der Waals surface area contributed by atoms with Gasteiger partial charge in [0.25, 0.3) is 0 Å². The SMILES string of the molecule is COc1cc2nn(C3CCCCC3)cc2cc1N. The van der Waals surface area contributed by atoms with Crippen molar-refractivity contribution in [2.45, 2.75) is 38.1 Å². The molecule has 0 unspecified atom stereocenters. The summed E-state index contributed by atoms with van der Waals surface area (Å²) in [6, 6.07) is 4.42. The molecule has 0 radical (unpaired) electrons. The van der Waals surface area contributed by atoms with Crippen molar-refractivity contribution >= 4 is 16.6 Å². The lowest BCUT2D eigenvalue weighted by atomic mass is 9.96. The smallest absolute Gasteiger partial charge is 0.144 e. The summed E-state index contributed by atoms with van der Waals surface area (Å²) in [7, 11) is 1.63. The standard InChI is InChI=1S/C14H19N3O/c1-18-14-8-13-10(7-12(14)15)9-17(16-13)11-5-3-2-4-6-11/h7-9,11H,2-6,15H2,1H3. The van der Waals surface area contributed by atoms with Crippen molar-refractivity contribution in [3.63, 3.8) is 0 Å². The Kier molecular flexibility index (Phi) is 2.86. The number of hydrogen-bond donors (Lipinski definition) is 1. The van der Waals surface area contributed by atoms with Crippen molar-refractivity contribution in [1.29, 1.82) is 0 Å². The van der Waals surface area contributed by atoms with Gasteiger partial charge in [0.1, 0.15) is 5.75 Å². The zero-order valence-corrected chi connectivity index (χ0v) is 10.7. The van der Waals surface area contributed by atoms with Crippen LogP contribution in [0.1, 0.15) is 38.1 Å². The number of nitrogens with two attached hydrogens (primary N) is 1. The van der Waals surface area contributed by atoms with Crippen LogP contribution < -0.4 is 10.5 Å². The fourth-order valence-corrected chi connectivity index (χ4v) is 2.80. The van der Waals surface area contributed by atoms with E-state index in [9.17, 15) is 0 Å². The Morgan fingerprint density at radius 2 is 2.06 bits per heavy atom. The van der Waals surface area contributed by atoms with Crippen LogP contribution in [0.4, 0.5) is 5.69 Å². The Morgan fingerprint density at radius 1 is 1.28 bits per heavy atom. The maximum absolute atomic E-state index is 5.92. The number of nitrogen functional groups attached to an aromatic ring is 1. The molecule has 0 atom stereocenters. The first-order valence-corrected chi connectivity index (χ1v) is 6.60. The first-order valence-electron chi connectivity index (χ1n) is 6.60. The first kappa shape index (κ1) is 11.4. The van der Waals surface area contributed by atoms with Crippen LogP contribution in [0.3, 0.4) is 0 Å². The van der Waals surface area contributed by atoms with Crippen molar-refractivity contribution in [3.8, 4) is 5.75 Å². The van der Waals surface area contributed by atoms with Gasteiger partial charge in [0, 0.05) is 17.6 Å². The summed E-state index contributed by atoms with van der Waals surface area (Å²) in [4.78, 5) is 0. The number of aromatic nitrogens is 2. The van der Waals surface area contributed by atoms with Crippen LogP contribution in [0, 0.1) is 0 Å².